The van der Waals surface area contributed by atoms with Gasteiger partial charge in [0.25, 0.3) is 0 Å². The topological polar surface area (TPSA) is 90.9 Å². The van der Waals surface area contributed by atoms with E-state index in [1.807, 2.05) is 0 Å². The molecule has 0 spiro atoms. The summed E-state index contributed by atoms with van der Waals surface area (Å²) < 4.78 is 14.4. The second-order valence-electron chi connectivity index (χ2n) is 4.98. The molecule has 0 aromatic rings. The van der Waals surface area contributed by atoms with Crippen molar-refractivity contribution in [3.63, 3.8) is 0 Å². The quantitative estimate of drug-likeness (QED) is 0.330. The van der Waals surface area contributed by atoms with E-state index in [4.69, 9.17) is 9.47 Å². The smallest absolute Gasteiger partial charge is 0.407 e. The predicted octanol–water partition coefficient (Wildman–Crippen LogP) is 1.40. The minimum atomic E-state index is -0.638. The number of rotatable bonds is 7. The molecule has 0 atom stereocenters. The van der Waals surface area contributed by atoms with Crippen molar-refractivity contribution < 1.29 is 28.6 Å². The second-order valence-corrected chi connectivity index (χ2v) is 4.98. The van der Waals surface area contributed by atoms with Gasteiger partial charge in [-0.3, -0.25) is 9.59 Å². The summed E-state index contributed by atoms with van der Waals surface area (Å²) in [5, 5.41) is 2.53. The predicted molar refractivity (Wildman–Crippen MR) is 71.1 cm³/mol. The van der Waals surface area contributed by atoms with Crippen molar-refractivity contribution in [2.75, 3.05) is 19.8 Å². The lowest BCUT2D eigenvalue weighted by Crippen LogP contribution is -2.33. The molecule has 0 radical (unpaired) electrons. The Morgan fingerprint density at radius 1 is 1.05 bits per heavy atom. The maximum absolute atomic E-state index is 11.3. The average molecular weight is 289 g/mol. The number of hydrogen-bond donors (Lipinski definition) is 1. The molecule has 7 heteroatoms. The normalized spacial score (nSPS) is 10.6. The second kappa shape index (κ2) is 9.17. The molecule has 0 aromatic carbocycles. The number of hydrogen-bond acceptors (Lipinski definition) is 6. The summed E-state index contributed by atoms with van der Waals surface area (Å²) in [5.41, 5.74) is -0.545. The molecule has 116 valence electrons. The van der Waals surface area contributed by atoms with Gasteiger partial charge in [-0.2, -0.15) is 0 Å². The Morgan fingerprint density at radius 3 is 2.20 bits per heavy atom. The van der Waals surface area contributed by atoms with E-state index in [2.05, 4.69) is 10.1 Å². The van der Waals surface area contributed by atoms with E-state index in [0.29, 0.717) is 13.0 Å². The molecule has 0 aliphatic heterocycles. The highest BCUT2D eigenvalue weighted by Gasteiger charge is 2.15. The molecular weight excluding hydrogens is 266 g/mol. The monoisotopic (exact) mass is 289 g/mol. The molecule has 7 nitrogen and oxygen atoms in total. The molecule has 0 fully saturated rings. The van der Waals surface area contributed by atoms with Crippen molar-refractivity contribution in [2.45, 2.75) is 46.1 Å². The summed E-state index contributed by atoms with van der Waals surface area (Å²) in [6.07, 6.45) is -0.475. The largest absolute Gasteiger partial charge is 0.466 e. The number of amides is 1. The minimum absolute atomic E-state index is 0.119. The molecule has 1 N–H and O–H groups in total. The Hall–Kier alpha value is -1.79. The molecule has 0 saturated heterocycles. The molecule has 0 unspecified atom stereocenters. The van der Waals surface area contributed by atoms with Crippen LogP contribution in [0.1, 0.15) is 40.5 Å². The highest BCUT2D eigenvalue weighted by atomic mass is 16.6. The first kappa shape index (κ1) is 18.2. The van der Waals surface area contributed by atoms with Gasteiger partial charge in [0.1, 0.15) is 12.0 Å². The van der Waals surface area contributed by atoms with Crippen LogP contribution in [0.2, 0.25) is 0 Å². The molecule has 1 amide bonds. The fourth-order valence-corrected chi connectivity index (χ4v) is 1.14. The van der Waals surface area contributed by atoms with E-state index < -0.39 is 30.1 Å². The molecule has 0 aromatic heterocycles. The van der Waals surface area contributed by atoms with Crippen LogP contribution in [0.4, 0.5) is 4.79 Å². The van der Waals surface area contributed by atoms with Crippen molar-refractivity contribution in [2.24, 2.45) is 0 Å². The van der Waals surface area contributed by atoms with Crippen LogP contribution in [0.15, 0.2) is 0 Å². The van der Waals surface area contributed by atoms with E-state index >= 15 is 0 Å². The maximum atomic E-state index is 11.3. The van der Waals surface area contributed by atoms with Crippen molar-refractivity contribution in [3.8, 4) is 0 Å². The molecular formula is C13H23NO6. The van der Waals surface area contributed by atoms with E-state index in [9.17, 15) is 14.4 Å². The maximum Gasteiger partial charge on any atom is 0.407 e. The van der Waals surface area contributed by atoms with Crippen LogP contribution in [0.5, 0.6) is 0 Å². The van der Waals surface area contributed by atoms with Gasteiger partial charge in [0, 0.05) is 6.54 Å². The van der Waals surface area contributed by atoms with Gasteiger partial charge in [0.05, 0.1) is 13.2 Å². The molecule has 0 aliphatic carbocycles. The van der Waals surface area contributed by atoms with Crippen LogP contribution >= 0.6 is 0 Å². The van der Waals surface area contributed by atoms with Crippen LogP contribution in [0.25, 0.3) is 0 Å². The summed E-state index contributed by atoms with van der Waals surface area (Å²) in [4.78, 5) is 33.4. The fourth-order valence-electron chi connectivity index (χ4n) is 1.14. The lowest BCUT2D eigenvalue weighted by molar-refractivity contribution is -0.154. The third kappa shape index (κ3) is 11.3. The van der Waals surface area contributed by atoms with Gasteiger partial charge in [-0.15, -0.1) is 0 Å². The molecule has 0 bridgehead atoms. The zero-order valence-corrected chi connectivity index (χ0v) is 12.5. The summed E-state index contributed by atoms with van der Waals surface area (Å²) in [7, 11) is 0. The standard InChI is InChI=1S/C13H23NO6/c1-5-18-10(15)9-11(16)19-8-6-7-14-12(17)20-13(2,3)4/h5-9H2,1-4H3,(H,14,17). The Balaban J connectivity index is 3.60. The fraction of sp³-hybridized carbons (Fsp3) is 0.769. The average Bonchev–Trinajstić information content (AvgIpc) is 2.26. The van der Waals surface area contributed by atoms with Crippen LogP contribution in [-0.2, 0) is 23.8 Å². The number of ether oxygens (including phenoxy) is 3. The first-order valence-corrected chi connectivity index (χ1v) is 6.52. The van der Waals surface area contributed by atoms with Crippen LogP contribution < -0.4 is 5.32 Å². The number of alkyl carbamates (subject to hydrolysis) is 1. The number of esters is 2. The Kier molecular flexibility index (Phi) is 8.35. The third-order valence-electron chi connectivity index (χ3n) is 1.85. The summed E-state index contributed by atoms with van der Waals surface area (Å²) in [5.74, 6) is -1.25. The van der Waals surface area contributed by atoms with Crippen LogP contribution in [-0.4, -0.2) is 43.4 Å². The van der Waals surface area contributed by atoms with Gasteiger partial charge in [-0.05, 0) is 34.1 Å². The molecule has 0 aliphatic rings. The van der Waals surface area contributed by atoms with E-state index in [1.54, 1.807) is 27.7 Å². The van der Waals surface area contributed by atoms with Crippen molar-refractivity contribution >= 4 is 18.0 Å². The van der Waals surface area contributed by atoms with Gasteiger partial charge in [-0.1, -0.05) is 0 Å². The Bertz CT molecular complexity index is 334. The van der Waals surface area contributed by atoms with Crippen molar-refractivity contribution in [3.05, 3.63) is 0 Å². The summed E-state index contributed by atoms with van der Waals surface area (Å²) in [6.45, 7) is 7.63. The highest BCUT2D eigenvalue weighted by molar-refractivity contribution is 5.91. The van der Waals surface area contributed by atoms with E-state index in [0.717, 1.165) is 0 Å². The number of nitrogens with one attached hydrogen (secondary N) is 1. The first-order valence-electron chi connectivity index (χ1n) is 6.52. The lowest BCUT2D eigenvalue weighted by Gasteiger charge is -2.19. The van der Waals surface area contributed by atoms with Gasteiger partial charge >= 0.3 is 18.0 Å². The summed E-state index contributed by atoms with van der Waals surface area (Å²) >= 11 is 0. The van der Waals surface area contributed by atoms with E-state index in [1.165, 1.54) is 0 Å². The van der Waals surface area contributed by atoms with Gasteiger partial charge < -0.3 is 19.5 Å². The Morgan fingerprint density at radius 2 is 1.65 bits per heavy atom. The van der Waals surface area contributed by atoms with Gasteiger partial charge in [0.15, 0.2) is 0 Å². The van der Waals surface area contributed by atoms with E-state index in [-0.39, 0.29) is 13.2 Å². The van der Waals surface area contributed by atoms with Crippen molar-refractivity contribution in [1.29, 1.82) is 0 Å². The molecule has 0 rings (SSSR count). The zero-order chi connectivity index (χ0) is 15.6. The first-order chi connectivity index (χ1) is 9.24. The Labute approximate surface area is 118 Å². The highest BCUT2D eigenvalue weighted by Crippen LogP contribution is 2.06. The van der Waals surface area contributed by atoms with Crippen LogP contribution in [0.3, 0.4) is 0 Å². The molecule has 0 heterocycles. The molecule has 0 saturated carbocycles. The zero-order valence-electron chi connectivity index (χ0n) is 12.5. The van der Waals surface area contributed by atoms with Crippen molar-refractivity contribution in [1.82, 2.24) is 5.32 Å². The van der Waals surface area contributed by atoms with Gasteiger partial charge in [0.2, 0.25) is 0 Å². The molecule has 20 heavy (non-hydrogen) atoms. The summed E-state index contributed by atoms with van der Waals surface area (Å²) in [6, 6.07) is 0. The SMILES string of the molecule is CCOC(=O)CC(=O)OCCCNC(=O)OC(C)(C)C. The third-order valence-corrected chi connectivity index (χ3v) is 1.85. The number of carbonyl (C=O) groups is 3. The van der Waals surface area contributed by atoms with Crippen LogP contribution in [0, 0.1) is 0 Å². The lowest BCUT2D eigenvalue weighted by atomic mass is 10.2. The number of carbonyl (C=O) groups excluding carboxylic acids is 3. The minimum Gasteiger partial charge on any atom is -0.466 e. The van der Waals surface area contributed by atoms with Gasteiger partial charge in [-0.25, -0.2) is 4.79 Å².